The molecule has 2 aromatic carbocycles. The number of hydrogen-bond donors (Lipinski definition) is 1. The van der Waals surface area contributed by atoms with Gasteiger partial charge in [-0.15, -0.1) is 0 Å². The number of nitrogens with zero attached hydrogens (tertiary/aromatic N) is 2. The quantitative estimate of drug-likeness (QED) is 0.780. The predicted molar refractivity (Wildman–Crippen MR) is 73.7 cm³/mol. The highest BCUT2D eigenvalue weighted by Crippen LogP contribution is 2.38. The van der Waals surface area contributed by atoms with E-state index >= 15 is 0 Å². The molecule has 1 atom stereocenters. The summed E-state index contributed by atoms with van der Waals surface area (Å²) in [7, 11) is 0. The second-order valence-electron chi connectivity index (χ2n) is 4.60. The molecule has 2 heterocycles. The number of hydrogen-bond acceptors (Lipinski definition) is 3. The molecule has 0 bridgehead atoms. The molecule has 2 aliphatic heterocycles. The van der Waals surface area contributed by atoms with E-state index in [-0.39, 0.29) is 12.1 Å². The Labute approximate surface area is 110 Å². The van der Waals surface area contributed by atoms with Gasteiger partial charge < -0.3 is 10.2 Å². The molecule has 0 saturated heterocycles. The van der Waals surface area contributed by atoms with E-state index < -0.39 is 0 Å². The lowest BCUT2D eigenvalue weighted by Crippen LogP contribution is -2.47. The molecule has 0 aliphatic carbocycles. The molecule has 0 saturated carbocycles. The molecule has 1 N–H and O–H groups in total. The van der Waals surface area contributed by atoms with Crippen LogP contribution in [0.2, 0.25) is 0 Å². The first-order valence-electron chi connectivity index (χ1n) is 6.16. The van der Waals surface area contributed by atoms with Gasteiger partial charge in [-0.05, 0) is 18.2 Å². The molecule has 2 aromatic rings. The first kappa shape index (κ1) is 10.3. The van der Waals surface area contributed by atoms with Gasteiger partial charge in [0, 0.05) is 5.56 Å². The maximum Gasteiger partial charge on any atom is 0.255 e. The third kappa shape index (κ3) is 1.40. The number of para-hydroxylation sites is 2. The zero-order valence-electron chi connectivity index (χ0n) is 10.1. The number of fused-ring (bicyclic) bond motifs is 5. The van der Waals surface area contributed by atoms with Crippen LogP contribution in [-0.2, 0) is 0 Å². The summed E-state index contributed by atoms with van der Waals surface area (Å²) in [5, 5.41) is 3.03. The summed E-state index contributed by atoms with van der Waals surface area (Å²) >= 11 is 0. The lowest BCUT2D eigenvalue weighted by atomic mass is 10.0. The topological polar surface area (TPSA) is 44.7 Å². The molecular formula is C15H11N3O. The van der Waals surface area contributed by atoms with Crippen LogP contribution in [0.4, 0.5) is 11.4 Å². The fourth-order valence-electron chi connectivity index (χ4n) is 2.62. The Kier molecular flexibility index (Phi) is 2.00. The molecule has 4 nitrogen and oxygen atoms in total. The lowest BCUT2D eigenvalue weighted by Gasteiger charge is -2.38. The number of amides is 1. The number of aliphatic imine (C=N–C) groups is 1. The van der Waals surface area contributed by atoms with Crippen LogP contribution in [0, 0.1) is 0 Å². The first-order chi connectivity index (χ1) is 9.34. The highest BCUT2D eigenvalue weighted by atomic mass is 16.2. The van der Waals surface area contributed by atoms with Gasteiger partial charge in [0.2, 0.25) is 0 Å². The Morgan fingerprint density at radius 1 is 1.05 bits per heavy atom. The molecule has 2 aliphatic rings. The van der Waals surface area contributed by atoms with Crippen LogP contribution in [-0.4, -0.2) is 12.2 Å². The Balaban J connectivity index is 1.92. The summed E-state index contributed by atoms with van der Waals surface area (Å²) in [6.45, 7) is 0. The zero-order valence-corrected chi connectivity index (χ0v) is 10.1. The predicted octanol–water partition coefficient (Wildman–Crippen LogP) is 2.61. The summed E-state index contributed by atoms with van der Waals surface area (Å²) in [5.74, 6) is -0.0399. The molecule has 0 aromatic heterocycles. The molecule has 0 spiro atoms. The molecule has 19 heavy (non-hydrogen) atoms. The number of carbonyl (C=O) groups is 1. The minimum atomic E-state index is -0.170. The summed E-state index contributed by atoms with van der Waals surface area (Å²) in [4.78, 5) is 18.6. The lowest BCUT2D eigenvalue weighted by molar-refractivity contribution is 0.0931. The van der Waals surface area contributed by atoms with Crippen LogP contribution < -0.4 is 10.2 Å². The van der Waals surface area contributed by atoms with Crippen molar-refractivity contribution in [1.82, 2.24) is 5.32 Å². The van der Waals surface area contributed by atoms with Gasteiger partial charge in [0.1, 0.15) is 6.17 Å². The summed E-state index contributed by atoms with van der Waals surface area (Å²) < 4.78 is 0. The standard InChI is InChI=1S/C15H11N3O/c19-15-11-6-2-4-8-13(11)18-9-16-12-7-3-1-5-10(12)14(18)17-15/h1-9,14H,(H,17,19). The van der Waals surface area contributed by atoms with Gasteiger partial charge in [0.05, 0.1) is 23.3 Å². The molecular weight excluding hydrogens is 238 g/mol. The maximum absolute atomic E-state index is 12.2. The van der Waals surface area contributed by atoms with Crippen LogP contribution >= 0.6 is 0 Å². The van der Waals surface area contributed by atoms with Crippen molar-refractivity contribution in [3.05, 3.63) is 59.7 Å². The first-order valence-corrected chi connectivity index (χ1v) is 6.16. The number of carbonyl (C=O) groups excluding carboxylic acids is 1. The van der Waals surface area contributed by atoms with Gasteiger partial charge >= 0.3 is 0 Å². The van der Waals surface area contributed by atoms with Crippen LogP contribution in [0.1, 0.15) is 22.1 Å². The van der Waals surface area contributed by atoms with E-state index in [0.717, 1.165) is 16.9 Å². The van der Waals surface area contributed by atoms with E-state index in [1.807, 2.05) is 53.4 Å². The van der Waals surface area contributed by atoms with E-state index in [9.17, 15) is 4.79 Å². The van der Waals surface area contributed by atoms with Gasteiger partial charge in [-0.25, -0.2) is 4.99 Å². The van der Waals surface area contributed by atoms with E-state index in [4.69, 9.17) is 0 Å². The van der Waals surface area contributed by atoms with Crippen LogP contribution in [0.15, 0.2) is 53.5 Å². The molecule has 0 radical (unpaired) electrons. The van der Waals surface area contributed by atoms with Crippen LogP contribution in [0.5, 0.6) is 0 Å². The van der Waals surface area contributed by atoms with Gasteiger partial charge in [0.25, 0.3) is 5.91 Å². The van der Waals surface area contributed by atoms with Crippen molar-refractivity contribution in [3.63, 3.8) is 0 Å². The van der Waals surface area contributed by atoms with Crippen molar-refractivity contribution in [2.45, 2.75) is 6.17 Å². The van der Waals surface area contributed by atoms with Gasteiger partial charge in [0.15, 0.2) is 0 Å². The van der Waals surface area contributed by atoms with E-state index in [1.54, 1.807) is 6.34 Å². The van der Waals surface area contributed by atoms with Crippen LogP contribution in [0.3, 0.4) is 0 Å². The molecule has 0 fully saturated rings. The second-order valence-corrected chi connectivity index (χ2v) is 4.60. The van der Waals surface area contributed by atoms with Gasteiger partial charge in [-0.1, -0.05) is 30.3 Å². The third-order valence-corrected chi connectivity index (χ3v) is 3.53. The summed E-state index contributed by atoms with van der Waals surface area (Å²) in [6, 6.07) is 15.4. The number of anilines is 1. The zero-order chi connectivity index (χ0) is 12.8. The van der Waals surface area contributed by atoms with Crippen molar-refractivity contribution in [3.8, 4) is 0 Å². The number of benzene rings is 2. The second kappa shape index (κ2) is 3.68. The summed E-state index contributed by atoms with van der Waals surface area (Å²) in [5.41, 5.74) is 3.51. The average molecular weight is 249 g/mol. The Bertz CT molecular complexity index is 708. The SMILES string of the molecule is O=C1NC2c3ccccc3N=CN2c2ccccc21. The van der Waals surface area contributed by atoms with Gasteiger partial charge in [-0.3, -0.25) is 4.79 Å². The Morgan fingerprint density at radius 2 is 1.84 bits per heavy atom. The third-order valence-electron chi connectivity index (χ3n) is 3.53. The largest absolute Gasteiger partial charge is 0.327 e. The Morgan fingerprint density at radius 3 is 2.79 bits per heavy atom. The maximum atomic E-state index is 12.2. The van der Waals surface area contributed by atoms with Crippen molar-refractivity contribution in [2.75, 3.05) is 4.90 Å². The van der Waals surface area contributed by atoms with Crippen molar-refractivity contribution in [1.29, 1.82) is 0 Å². The smallest absolute Gasteiger partial charge is 0.255 e. The van der Waals surface area contributed by atoms with Crippen molar-refractivity contribution >= 4 is 23.6 Å². The molecule has 1 amide bonds. The fraction of sp³-hybridized carbons (Fsp3) is 0.0667. The number of rotatable bonds is 0. The van der Waals surface area contributed by atoms with E-state index in [1.165, 1.54) is 0 Å². The minimum Gasteiger partial charge on any atom is -0.327 e. The molecule has 1 unspecified atom stereocenters. The summed E-state index contributed by atoms with van der Waals surface area (Å²) in [6.07, 6.45) is 1.61. The minimum absolute atomic E-state index is 0.0399. The Hall–Kier alpha value is -2.62. The van der Waals surface area contributed by atoms with E-state index in [0.29, 0.717) is 5.56 Å². The average Bonchev–Trinajstić information content (AvgIpc) is 2.47. The van der Waals surface area contributed by atoms with Gasteiger partial charge in [-0.2, -0.15) is 0 Å². The van der Waals surface area contributed by atoms with Crippen LogP contribution in [0.25, 0.3) is 0 Å². The normalized spacial score (nSPS) is 19.3. The van der Waals surface area contributed by atoms with Crippen molar-refractivity contribution in [2.24, 2.45) is 4.99 Å². The molecule has 4 heteroatoms. The monoisotopic (exact) mass is 249 g/mol. The van der Waals surface area contributed by atoms with Crippen molar-refractivity contribution < 1.29 is 4.79 Å². The molecule has 92 valence electrons. The highest BCUT2D eigenvalue weighted by Gasteiger charge is 2.33. The number of nitrogens with one attached hydrogen (secondary N) is 1. The highest BCUT2D eigenvalue weighted by molar-refractivity contribution is 6.06. The molecule has 4 rings (SSSR count). The van der Waals surface area contributed by atoms with E-state index in [2.05, 4.69) is 10.3 Å². The fourth-order valence-corrected chi connectivity index (χ4v) is 2.62.